The van der Waals surface area contributed by atoms with Crippen LogP contribution in [0.4, 0.5) is 30.5 Å². The predicted molar refractivity (Wildman–Crippen MR) is 138 cm³/mol. The van der Waals surface area contributed by atoms with E-state index in [2.05, 4.69) is 42.5 Å². The van der Waals surface area contributed by atoms with E-state index in [9.17, 15) is 13.2 Å². The summed E-state index contributed by atoms with van der Waals surface area (Å²) >= 11 is 0. The molecule has 3 heterocycles. The molecule has 0 atom stereocenters. The summed E-state index contributed by atoms with van der Waals surface area (Å²) in [6.07, 6.45) is -3.05. The molecular formula is C28H23F3N6. The van der Waals surface area contributed by atoms with Gasteiger partial charge in [0.1, 0.15) is 5.69 Å². The summed E-state index contributed by atoms with van der Waals surface area (Å²) in [5.74, 6) is 1.03. The number of aromatic amines is 1. The molecule has 6 rings (SSSR count). The van der Waals surface area contributed by atoms with E-state index in [1.807, 2.05) is 42.5 Å². The lowest BCUT2D eigenvalue weighted by Crippen LogP contribution is -2.31. The molecule has 0 saturated carbocycles. The molecule has 0 amide bonds. The van der Waals surface area contributed by atoms with E-state index >= 15 is 0 Å². The van der Waals surface area contributed by atoms with Crippen molar-refractivity contribution in [2.24, 2.45) is 0 Å². The molecule has 5 aromatic rings. The third-order valence-electron chi connectivity index (χ3n) is 6.51. The van der Waals surface area contributed by atoms with E-state index < -0.39 is 11.7 Å². The molecular weight excluding hydrogens is 477 g/mol. The third kappa shape index (κ3) is 4.48. The normalized spacial score (nSPS) is 13.5. The van der Waals surface area contributed by atoms with Crippen molar-refractivity contribution in [2.45, 2.75) is 25.6 Å². The van der Waals surface area contributed by atoms with E-state index in [0.29, 0.717) is 30.3 Å². The maximum Gasteiger partial charge on any atom is 0.417 e. The zero-order valence-electron chi connectivity index (χ0n) is 19.8. The Bertz CT molecular complexity index is 1560. The second-order valence-corrected chi connectivity index (χ2v) is 8.99. The van der Waals surface area contributed by atoms with Gasteiger partial charge < -0.3 is 10.2 Å². The van der Waals surface area contributed by atoms with Crippen molar-refractivity contribution < 1.29 is 13.2 Å². The van der Waals surface area contributed by atoms with Gasteiger partial charge in [-0.05, 0) is 36.6 Å². The van der Waals surface area contributed by atoms with Gasteiger partial charge in [0.05, 0.1) is 16.8 Å². The number of para-hydroxylation sites is 1. The molecule has 9 heteroatoms. The molecule has 0 spiro atoms. The maximum absolute atomic E-state index is 13.9. The third-order valence-corrected chi connectivity index (χ3v) is 6.51. The number of H-pyrrole nitrogens is 1. The Morgan fingerprint density at radius 1 is 0.865 bits per heavy atom. The maximum atomic E-state index is 13.9. The minimum atomic E-state index is -4.53. The Morgan fingerprint density at radius 3 is 2.46 bits per heavy atom. The first-order valence-corrected chi connectivity index (χ1v) is 12.0. The molecule has 0 saturated heterocycles. The SMILES string of the molecule is FC(F)(F)c1ccccc1-c1nc2c(c(Nc3n[nH]c4ccccc34)n1)N(Cc1ccccc1)CCC2. The van der Waals surface area contributed by atoms with E-state index in [0.717, 1.165) is 41.2 Å². The van der Waals surface area contributed by atoms with E-state index in [-0.39, 0.29) is 11.4 Å². The summed E-state index contributed by atoms with van der Waals surface area (Å²) in [5.41, 5.74) is 2.66. The molecule has 0 fully saturated rings. The average molecular weight is 501 g/mol. The zero-order valence-corrected chi connectivity index (χ0v) is 19.8. The number of rotatable bonds is 5. The van der Waals surface area contributed by atoms with Crippen LogP contribution in [0.1, 0.15) is 23.2 Å². The lowest BCUT2D eigenvalue weighted by Gasteiger charge is -2.32. The van der Waals surface area contributed by atoms with E-state index in [1.165, 1.54) is 12.1 Å². The van der Waals surface area contributed by atoms with Gasteiger partial charge in [-0.2, -0.15) is 18.3 Å². The van der Waals surface area contributed by atoms with Crippen LogP contribution in [-0.2, 0) is 19.1 Å². The predicted octanol–water partition coefficient (Wildman–Crippen LogP) is 6.74. The van der Waals surface area contributed by atoms with Gasteiger partial charge in [-0.25, -0.2) is 9.97 Å². The zero-order chi connectivity index (χ0) is 25.4. The van der Waals surface area contributed by atoms with Gasteiger partial charge in [0.15, 0.2) is 17.5 Å². The second kappa shape index (κ2) is 9.24. The standard InChI is InChI=1S/C28H23F3N6/c29-28(30,31)21-13-6-4-11-19(21)25-32-23-15-8-16-37(17-18-9-2-1-3-10-18)24(23)27(33-25)34-26-20-12-5-7-14-22(20)35-36-26/h1-7,9-14H,8,15-17H2,(H2,32,33,34,35,36). The molecule has 37 heavy (non-hydrogen) atoms. The number of aryl methyl sites for hydroxylation is 1. The minimum absolute atomic E-state index is 0.0376. The number of anilines is 3. The van der Waals surface area contributed by atoms with Crippen LogP contribution in [0.25, 0.3) is 22.3 Å². The Hall–Kier alpha value is -4.40. The largest absolute Gasteiger partial charge is 0.417 e. The number of fused-ring (bicyclic) bond motifs is 2. The van der Waals surface area contributed by atoms with Crippen LogP contribution in [0.3, 0.4) is 0 Å². The average Bonchev–Trinajstić information content (AvgIpc) is 3.31. The van der Waals surface area contributed by atoms with Gasteiger partial charge in [0, 0.05) is 24.0 Å². The summed E-state index contributed by atoms with van der Waals surface area (Å²) in [7, 11) is 0. The number of nitrogens with one attached hydrogen (secondary N) is 2. The molecule has 1 aliphatic heterocycles. The van der Waals surface area contributed by atoms with Gasteiger partial charge in [-0.1, -0.05) is 60.7 Å². The van der Waals surface area contributed by atoms with Crippen molar-refractivity contribution in [2.75, 3.05) is 16.8 Å². The van der Waals surface area contributed by atoms with Crippen LogP contribution >= 0.6 is 0 Å². The van der Waals surface area contributed by atoms with Crippen molar-refractivity contribution >= 4 is 28.2 Å². The van der Waals surface area contributed by atoms with Crippen LogP contribution in [0.2, 0.25) is 0 Å². The highest BCUT2D eigenvalue weighted by atomic mass is 19.4. The van der Waals surface area contributed by atoms with Crippen molar-refractivity contribution in [3.8, 4) is 11.4 Å². The molecule has 1 aliphatic rings. The molecule has 0 radical (unpaired) electrons. The summed E-state index contributed by atoms with van der Waals surface area (Å²) in [4.78, 5) is 11.6. The summed E-state index contributed by atoms with van der Waals surface area (Å²) < 4.78 is 41.6. The smallest absolute Gasteiger partial charge is 0.363 e. The van der Waals surface area contributed by atoms with Crippen LogP contribution in [0.15, 0.2) is 78.9 Å². The molecule has 0 aliphatic carbocycles. The van der Waals surface area contributed by atoms with Crippen LogP contribution < -0.4 is 10.2 Å². The summed E-state index contributed by atoms with van der Waals surface area (Å²) in [6.45, 7) is 1.41. The fourth-order valence-electron chi connectivity index (χ4n) is 4.82. The van der Waals surface area contributed by atoms with E-state index in [1.54, 1.807) is 6.07 Å². The lowest BCUT2D eigenvalue weighted by atomic mass is 10.0. The number of halogens is 3. The molecule has 2 N–H and O–H groups in total. The highest BCUT2D eigenvalue weighted by Gasteiger charge is 2.35. The fraction of sp³-hybridized carbons (Fsp3) is 0.179. The number of hydrogen-bond acceptors (Lipinski definition) is 5. The fourth-order valence-corrected chi connectivity index (χ4v) is 4.82. The quantitative estimate of drug-likeness (QED) is 0.280. The van der Waals surface area contributed by atoms with Crippen LogP contribution in [0, 0.1) is 0 Å². The Kier molecular flexibility index (Phi) is 5.75. The summed E-state index contributed by atoms with van der Waals surface area (Å²) in [6, 6.07) is 23.1. The van der Waals surface area contributed by atoms with Crippen molar-refractivity contribution in [3.63, 3.8) is 0 Å². The Labute approximate surface area is 211 Å². The highest BCUT2D eigenvalue weighted by Crippen LogP contribution is 2.40. The topological polar surface area (TPSA) is 69.7 Å². The number of hydrogen-bond donors (Lipinski definition) is 2. The first kappa shape index (κ1) is 23.0. The number of nitrogens with zero attached hydrogens (tertiary/aromatic N) is 4. The van der Waals surface area contributed by atoms with Crippen LogP contribution in [0.5, 0.6) is 0 Å². The highest BCUT2D eigenvalue weighted by molar-refractivity contribution is 5.92. The molecule has 3 aromatic carbocycles. The van der Waals surface area contributed by atoms with Crippen molar-refractivity contribution in [3.05, 3.63) is 95.7 Å². The molecule has 6 nitrogen and oxygen atoms in total. The molecule has 186 valence electrons. The van der Waals surface area contributed by atoms with Gasteiger partial charge in [0.25, 0.3) is 0 Å². The minimum Gasteiger partial charge on any atom is -0.363 e. The van der Waals surface area contributed by atoms with Crippen molar-refractivity contribution in [1.82, 2.24) is 20.2 Å². The molecule has 0 bridgehead atoms. The monoisotopic (exact) mass is 500 g/mol. The Balaban J connectivity index is 1.51. The second-order valence-electron chi connectivity index (χ2n) is 8.99. The van der Waals surface area contributed by atoms with E-state index in [4.69, 9.17) is 0 Å². The molecule has 2 aromatic heterocycles. The van der Waals surface area contributed by atoms with Gasteiger partial charge >= 0.3 is 6.18 Å². The van der Waals surface area contributed by atoms with Crippen LogP contribution in [-0.4, -0.2) is 26.7 Å². The summed E-state index contributed by atoms with van der Waals surface area (Å²) in [5, 5.41) is 11.6. The van der Waals surface area contributed by atoms with Crippen molar-refractivity contribution in [1.29, 1.82) is 0 Å². The van der Waals surface area contributed by atoms with Gasteiger partial charge in [-0.15, -0.1) is 0 Å². The first-order valence-electron chi connectivity index (χ1n) is 12.0. The first-order chi connectivity index (χ1) is 18.0. The van der Waals surface area contributed by atoms with Gasteiger partial charge in [0.2, 0.25) is 0 Å². The number of aromatic nitrogens is 4. The number of alkyl halides is 3. The van der Waals surface area contributed by atoms with Gasteiger partial charge in [-0.3, -0.25) is 5.10 Å². The molecule has 0 unspecified atom stereocenters. The number of benzene rings is 3. The Morgan fingerprint density at radius 2 is 1.62 bits per heavy atom. The lowest BCUT2D eigenvalue weighted by molar-refractivity contribution is -0.137.